The molecule has 0 aromatic heterocycles. The number of carboxylic acid groups (broad SMARTS) is 1. The molecule has 2 unspecified atom stereocenters. The summed E-state index contributed by atoms with van der Waals surface area (Å²) in [6.45, 7) is 1.97. The fourth-order valence-corrected chi connectivity index (χ4v) is 2.58. The third-order valence-electron chi connectivity index (χ3n) is 3.09. The second-order valence-electron chi connectivity index (χ2n) is 4.94. The summed E-state index contributed by atoms with van der Waals surface area (Å²) < 4.78 is 0. The third kappa shape index (κ3) is 16.1. The van der Waals surface area contributed by atoms with Crippen LogP contribution in [0.2, 0.25) is 0 Å². The molecular formula is C14H24NNaO3S2Zn. The first kappa shape index (κ1) is 28.1. The number of carbonyl (C=O) groups is 2. The smallest absolute Gasteiger partial charge is 0.793 e. The molecule has 0 aromatic carbocycles. The molecular weight excluding hydrogens is 383 g/mol. The fourth-order valence-electron chi connectivity index (χ4n) is 1.86. The van der Waals surface area contributed by atoms with Gasteiger partial charge in [0, 0.05) is 6.42 Å². The van der Waals surface area contributed by atoms with Gasteiger partial charge in [0.05, 0.1) is 12.0 Å². The molecule has 0 aromatic rings. The van der Waals surface area contributed by atoms with Crippen molar-refractivity contribution in [1.29, 1.82) is 0 Å². The number of hydrogen-bond acceptors (Lipinski definition) is 5. The van der Waals surface area contributed by atoms with Crippen molar-refractivity contribution in [3.8, 4) is 0 Å². The maximum Gasteiger partial charge on any atom is 2.00 e. The fraction of sp³-hybridized carbons (Fsp3) is 0.857. The van der Waals surface area contributed by atoms with Gasteiger partial charge in [-0.2, -0.15) is 11.0 Å². The minimum Gasteiger partial charge on any atom is -0.793 e. The van der Waals surface area contributed by atoms with Gasteiger partial charge in [0.2, 0.25) is 5.91 Å². The molecule has 8 heteroatoms. The largest absolute Gasteiger partial charge is 2.00 e. The van der Waals surface area contributed by atoms with Gasteiger partial charge in [0.25, 0.3) is 0 Å². The first-order valence-electron chi connectivity index (χ1n) is 7.25. The molecule has 0 fully saturated rings. The minimum atomic E-state index is -1.21. The van der Waals surface area contributed by atoms with Crippen molar-refractivity contribution < 1.29 is 63.7 Å². The van der Waals surface area contributed by atoms with Crippen molar-refractivity contribution in [1.82, 2.24) is 5.32 Å². The Bertz CT molecular complexity index is 299. The summed E-state index contributed by atoms with van der Waals surface area (Å²) in [5.74, 6) is -0.748. The monoisotopic (exact) mass is 405 g/mol. The Morgan fingerprint density at radius 3 is 2.27 bits per heavy atom. The van der Waals surface area contributed by atoms with E-state index in [1.54, 1.807) is 0 Å². The molecule has 0 heterocycles. The van der Waals surface area contributed by atoms with Gasteiger partial charge in [-0.05, 0) is 12.8 Å². The Kier molecular flexibility index (Phi) is 23.7. The quantitative estimate of drug-likeness (QED) is 0.227. The van der Waals surface area contributed by atoms with E-state index in [0.717, 1.165) is 38.5 Å². The van der Waals surface area contributed by atoms with Crippen LogP contribution in [0.3, 0.4) is 0 Å². The number of unbranched alkanes of at least 4 members (excludes halogenated alkanes) is 2. The Labute approximate surface area is 180 Å². The van der Waals surface area contributed by atoms with Gasteiger partial charge in [-0.25, -0.2) is 0 Å². The molecule has 0 aliphatic rings. The van der Waals surface area contributed by atoms with E-state index in [2.05, 4.69) is 5.32 Å². The van der Waals surface area contributed by atoms with Gasteiger partial charge >= 0.3 is 49.0 Å². The normalized spacial score (nSPS) is 12.5. The summed E-state index contributed by atoms with van der Waals surface area (Å²) in [5.41, 5.74) is 0. The van der Waals surface area contributed by atoms with Gasteiger partial charge in [-0.1, -0.05) is 39.0 Å². The van der Waals surface area contributed by atoms with Crippen LogP contribution in [-0.2, 0) is 54.3 Å². The van der Waals surface area contributed by atoms with E-state index in [4.69, 9.17) is 25.3 Å². The molecule has 0 spiro atoms. The Morgan fingerprint density at radius 1 is 1.14 bits per heavy atom. The molecule has 0 aliphatic carbocycles. The van der Waals surface area contributed by atoms with E-state index >= 15 is 0 Å². The molecule has 0 saturated carbocycles. The Balaban J connectivity index is -0.00000180. The van der Waals surface area contributed by atoms with E-state index in [9.17, 15) is 14.7 Å². The maximum atomic E-state index is 11.6. The molecule has 0 radical (unpaired) electrons. The van der Waals surface area contributed by atoms with Crippen LogP contribution in [0.15, 0.2) is 0 Å². The van der Waals surface area contributed by atoms with Gasteiger partial charge < -0.3 is 40.5 Å². The SMILES string of the molecule is CCCCC(NC(=O)CCCCC([S-])CC[S-])C(=O)[O-].[Na+].[Zn+2]. The Hall–Kier alpha value is 1.26. The standard InChI is InChI=1S/C14H27NO3S2.Na.Zn/c1-2-3-7-12(14(17)18)15-13(16)8-5-4-6-11(20)9-10-19;;/h11-12,19-20H,2-10H2,1H3,(H,15,16)(H,17,18);;/q;+1;+2/p-3. The molecule has 0 bridgehead atoms. The zero-order chi connectivity index (χ0) is 15.4. The van der Waals surface area contributed by atoms with E-state index in [1.807, 2.05) is 6.92 Å². The van der Waals surface area contributed by atoms with Crippen LogP contribution >= 0.6 is 0 Å². The number of amides is 1. The van der Waals surface area contributed by atoms with E-state index in [0.29, 0.717) is 18.6 Å². The first-order chi connectivity index (χ1) is 9.51. The van der Waals surface area contributed by atoms with Crippen LogP contribution in [0.1, 0.15) is 58.3 Å². The summed E-state index contributed by atoms with van der Waals surface area (Å²) in [6.07, 6.45) is 5.77. The van der Waals surface area contributed by atoms with Crippen molar-refractivity contribution in [3.05, 3.63) is 0 Å². The first-order valence-corrected chi connectivity index (χ1v) is 8.30. The van der Waals surface area contributed by atoms with Crippen LogP contribution in [0.5, 0.6) is 0 Å². The van der Waals surface area contributed by atoms with Gasteiger partial charge in [0.15, 0.2) is 0 Å². The topological polar surface area (TPSA) is 69.2 Å². The molecule has 0 saturated heterocycles. The predicted octanol–water partition coefficient (Wildman–Crippen LogP) is -2.17. The molecule has 1 amide bonds. The number of rotatable bonds is 12. The number of hydrogen-bond donors (Lipinski definition) is 1. The molecule has 0 rings (SSSR count). The van der Waals surface area contributed by atoms with Crippen LogP contribution in [0.25, 0.3) is 0 Å². The predicted molar refractivity (Wildman–Crippen MR) is 82.9 cm³/mol. The second-order valence-corrected chi connectivity index (χ2v) is 6.02. The van der Waals surface area contributed by atoms with E-state index in [-0.39, 0.29) is 60.2 Å². The summed E-state index contributed by atoms with van der Waals surface area (Å²) >= 11 is 10.1. The van der Waals surface area contributed by atoms with Crippen LogP contribution in [-0.4, -0.2) is 28.9 Å². The summed E-state index contributed by atoms with van der Waals surface area (Å²) in [5, 5.41) is 13.6. The van der Waals surface area contributed by atoms with Crippen molar-refractivity contribution in [3.63, 3.8) is 0 Å². The molecule has 0 aliphatic heterocycles. The second kappa shape index (κ2) is 18.6. The average Bonchev–Trinajstić information content (AvgIpc) is 2.39. The minimum absolute atomic E-state index is 0. The summed E-state index contributed by atoms with van der Waals surface area (Å²) in [4.78, 5) is 22.5. The number of nitrogens with one attached hydrogen (secondary N) is 1. The molecule has 1 N–H and O–H groups in total. The Morgan fingerprint density at radius 2 is 1.77 bits per heavy atom. The van der Waals surface area contributed by atoms with Gasteiger partial charge in [-0.15, -0.1) is 0 Å². The zero-order valence-electron chi connectivity index (χ0n) is 13.8. The van der Waals surface area contributed by atoms with Crippen molar-refractivity contribution in [2.45, 2.75) is 69.6 Å². The van der Waals surface area contributed by atoms with Crippen LogP contribution in [0.4, 0.5) is 0 Å². The maximum absolute atomic E-state index is 11.6. The van der Waals surface area contributed by atoms with Crippen molar-refractivity contribution >= 4 is 37.1 Å². The van der Waals surface area contributed by atoms with Crippen LogP contribution in [0, 0.1) is 0 Å². The van der Waals surface area contributed by atoms with E-state index < -0.39 is 12.0 Å². The van der Waals surface area contributed by atoms with Gasteiger partial charge in [0.1, 0.15) is 0 Å². The van der Waals surface area contributed by atoms with Crippen molar-refractivity contribution in [2.75, 3.05) is 5.75 Å². The van der Waals surface area contributed by atoms with Crippen LogP contribution < -0.4 is 40.0 Å². The van der Waals surface area contributed by atoms with Gasteiger partial charge in [-0.3, -0.25) is 4.79 Å². The molecule has 4 nitrogen and oxygen atoms in total. The number of carboxylic acids is 1. The average molecular weight is 407 g/mol. The number of carbonyl (C=O) groups excluding carboxylic acids is 2. The van der Waals surface area contributed by atoms with Crippen molar-refractivity contribution in [2.24, 2.45) is 0 Å². The molecule has 118 valence electrons. The zero-order valence-corrected chi connectivity index (χ0v) is 20.4. The third-order valence-corrected chi connectivity index (χ3v) is 3.79. The van der Waals surface area contributed by atoms with E-state index in [1.165, 1.54) is 0 Å². The molecule has 22 heavy (non-hydrogen) atoms. The summed E-state index contributed by atoms with van der Waals surface area (Å²) in [7, 11) is 0. The summed E-state index contributed by atoms with van der Waals surface area (Å²) in [6, 6.07) is -0.866. The number of aliphatic carboxylic acids is 1. The molecule has 2 atom stereocenters.